The van der Waals surface area contributed by atoms with E-state index in [0.717, 1.165) is 16.0 Å². The molecule has 0 atom stereocenters. The SMILES string of the molecule is Cc1cccc(COc2c(Br)cc(/C=C3\C(=O)NC(=S)N(c4cccc(Cl)c4Cl)C3=O)cc2Br)c1. The van der Waals surface area contributed by atoms with Gasteiger partial charge < -0.3 is 4.74 Å². The monoisotopic (exact) mass is 652 g/mol. The van der Waals surface area contributed by atoms with Gasteiger partial charge in [0.2, 0.25) is 0 Å². The van der Waals surface area contributed by atoms with Crippen molar-refractivity contribution < 1.29 is 14.3 Å². The molecule has 2 amide bonds. The predicted octanol–water partition coefficient (Wildman–Crippen LogP) is 7.24. The summed E-state index contributed by atoms with van der Waals surface area (Å²) in [6.45, 7) is 2.40. The number of anilines is 1. The fraction of sp³-hybridized carbons (Fsp3) is 0.0800. The quantitative estimate of drug-likeness (QED) is 0.179. The van der Waals surface area contributed by atoms with Crippen LogP contribution in [-0.2, 0) is 16.2 Å². The number of carbonyl (C=O) groups is 2. The van der Waals surface area contributed by atoms with Crippen molar-refractivity contribution in [2.75, 3.05) is 4.90 Å². The largest absolute Gasteiger partial charge is 0.487 e. The summed E-state index contributed by atoms with van der Waals surface area (Å²) in [6, 6.07) is 16.4. The minimum atomic E-state index is -0.616. The number of rotatable bonds is 5. The van der Waals surface area contributed by atoms with Gasteiger partial charge in [0, 0.05) is 0 Å². The predicted molar refractivity (Wildman–Crippen MR) is 150 cm³/mol. The first-order valence-corrected chi connectivity index (χ1v) is 12.9. The van der Waals surface area contributed by atoms with E-state index < -0.39 is 11.8 Å². The van der Waals surface area contributed by atoms with E-state index in [-0.39, 0.29) is 26.4 Å². The summed E-state index contributed by atoms with van der Waals surface area (Å²) in [5.74, 6) is -0.627. The lowest BCUT2D eigenvalue weighted by Gasteiger charge is -2.29. The van der Waals surface area contributed by atoms with Crippen molar-refractivity contribution in [1.82, 2.24) is 5.32 Å². The second-order valence-electron chi connectivity index (χ2n) is 7.62. The molecule has 10 heteroatoms. The Kier molecular flexibility index (Phi) is 7.98. The second-order valence-corrected chi connectivity index (χ2v) is 10.5. The first-order chi connectivity index (χ1) is 16.7. The average molecular weight is 655 g/mol. The Morgan fingerprint density at radius 2 is 1.74 bits per heavy atom. The molecule has 0 aromatic heterocycles. The maximum absolute atomic E-state index is 13.3. The van der Waals surface area contributed by atoms with Crippen LogP contribution in [0, 0.1) is 6.92 Å². The summed E-state index contributed by atoms with van der Waals surface area (Å²) in [4.78, 5) is 27.1. The third-order valence-electron chi connectivity index (χ3n) is 5.07. The van der Waals surface area contributed by atoms with Gasteiger partial charge in [0.05, 0.1) is 24.7 Å². The Bertz CT molecular complexity index is 1390. The molecule has 0 saturated carbocycles. The van der Waals surface area contributed by atoms with E-state index in [2.05, 4.69) is 43.2 Å². The van der Waals surface area contributed by atoms with Gasteiger partial charge in [-0.15, -0.1) is 0 Å². The molecular weight excluding hydrogens is 639 g/mol. The highest BCUT2D eigenvalue weighted by molar-refractivity contribution is 9.11. The molecule has 3 aromatic rings. The lowest BCUT2D eigenvalue weighted by molar-refractivity contribution is -0.122. The topological polar surface area (TPSA) is 58.6 Å². The molecule has 35 heavy (non-hydrogen) atoms. The lowest BCUT2D eigenvalue weighted by atomic mass is 10.1. The summed E-state index contributed by atoms with van der Waals surface area (Å²) in [7, 11) is 0. The molecule has 178 valence electrons. The zero-order chi connectivity index (χ0) is 25.3. The van der Waals surface area contributed by atoms with Crippen molar-refractivity contribution in [2.45, 2.75) is 13.5 Å². The van der Waals surface area contributed by atoms with Crippen LogP contribution in [0.2, 0.25) is 10.0 Å². The van der Waals surface area contributed by atoms with Crippen LogP contribution < -0.4 is 15.0 Å². The number of nitrogens with one attached hydrogen (secondary N) is 1. The minimum absolute atomic E-state index is 0.0800. The number of aryl methyl sites for hydroxylation is 1. The van der Waals surface area contributed by atoms with E-state index >= 15 is 0 Å². The van der Waals surface area contributed by atoms with E-state index in [1.807, 2.05) is 25.1 Å². The first-order valence-electron chi connectivity index (χ1n) is 10.2. The maximum Gasteiger partial charge on any atom is 0.270 e. The molecule has 1 aliphatic heterocycles. The maximum atomic E-state index is 13.3. The van der Waals surface area contributed by atoms with Crippen LogP contribution in [-0.4, -0.2) is 16.9 Å². The highest BCUT2D eigenvalue weighted by Crippen LogP contribution is 2.37. The fourth-order valence-corrected chi connectivity index (χ4v) is 5.57. The van der Waals surface area contributed by atoms with E-state index in [9.17, 15) is 9.59 Å². The number of amides is 2. The van der Waals surface area contributed by atoms with Gasteiger partial charge in [0.1, 0.15) is 17.9 Å². The van der Waals surface area contributed by atoms with Crippen molar-refractivity contribution in [3.63, 3.8) is 0 Å². The minimum Gasteiger partial charge on any atom is -0.487 e. The van der Waals surface area contributed by atoms with Gasteiger partial charge in [-0.25, -0.2) is 0 Å². The number of benzene rings is 3. The van der Waals surface area contributed by atoms with Crippen LogP contribution in [0.5, 0.6) is 5.75 Å². The molecule has 1 heterocycles. The molecule has 0 unspecified atom stereocenters. The Labute approximate surface area is 234 Å². The Hall–Kier alpha value is -2.23. The van der Waals surface area contributed by atoms with Gasteiger partial charge in [-0.05, 0) is 92.5 Å². The third-order valence-corrected chi connectivity index (χ3v) is 7.34. The molecule has 1 aliphatic rings. The number of halogens is 4. The van der Waals surface area contributed by atoms with Crippen LogP contribution in [0.3, 0.4) is 0 Å². The average Bonchev–Trinajstić information content (AvgIpc) is 2.79. The van der Waals surface area contributed by atoms with Gasteiger partial charge in [0.25, 0.3) is 11.8 Å². The normalized spacial score (nSPS) is 14.9. The Morgan fingerprint density at radius 3 is 2.43 bits per heavy atom. The summed E-state index contributed by atoms with van der Waals surface area (Å²) in [6.07, 6.45) is 1.48. The molecule has 1 saturated heterocycles. The van der Waals surface area contributed by atoms with E-state index in [1.54, 1.807) is 30.3 Å². The van der Waals surface area contributed by atoms with Crippen LogP contribution in [0.1, 0.15) is 16.7 Å². The van der Waals surface area contributed by atoms with Crippen molar-refractivity contribution >= 4 is 96.0 Å². The number of ether oxygens (including phenoxy) is 1. The molecule has 0 radical (unpaired) electrons. The molecular formula is C25H16Br2Cl2N2O3S. The van der Waals surface area contributed by atoms with Crippen LogP contribution >= 0.6 is 67.3 Å². The smallest absolute Gasteiger partial charge is 0.270 e. The van der Waals surface area contributed by atoms with Gasteiger partial charge in [-0.1, -0.05) is 59.1 Å². The number of carbonyl (C=O) groups excluding carboxylic acids is 2. The van der Waals surface area contributed by atoms with Crippen LogP contribution in [0.25, 0.3) is 6.08 Å². The van der Waals surface area contributed by atoms with Crippen LogP contribution in [0.4, 0.5) is 5.69 Å². The number of hydrogen-bond acceptors (Lipinski definition) is 4. The molecule has 0 spiro atoms. The molecule has 4 rings (SSSR count). The van der Waals surface area contributed by atoms with Gasteiger partial charge >= 0.3 is 0 Å². The first kappa shape index (κ1) is 25.9. The van der Waals surface area contributed by atoms with E-state index in [1.165, 1.54) is 6.08 Å². The number of hydrogen-bond donors (Lipinski definition) is 1. The lowest BCUT2D eigenvalue weighted by Crippen LogP contribution is -2.54. The Balaban J connectivity index is 1.63. The van der Waals surface area contributed by atoms with Gasteiger partial charge in [-0.3, -0.25) is 19.8 Å². The highest BCUT2D eigenvalue weighted by atomic mass is 79.9. The van der Waals surface area contributed by atoms with Crippen molar-refractivity contribution in [1.29, 1.82) is 0 Å². The summed E-state index contributed by atoms with van der Waals surface area (Å²) in [5.41, 5.74) is 2.95. The van der Waals surface area contributed by atoms with E-state index in [4.69, 9.17) is 40.2 Å². The zero-order valence-corrected chi connectivity index (χ0v) is 23.6. The standard InChI is InChI=1S/C25H16Br2Cl2N2O3S/c1-13-4-2-5-14(8-13)12-34-22-17(26)10-15(11-18(22)27)9-16-23(32)30-25(35)31(24(16)33)20-7-3-6-19(28)21(20)29/h2-11H,12H2,1H3,(H,30,32,35)/b16-9+. The number of thiocarbonyl (C=S) groups is 1. The summed E-state index contributed by atoms with van der Waals surface area (Å²) in [5, 5.41) is 2.87. The summed E-state index contributed by atoms with van der Waals surface area (Å²) >= 11 is 24.7. The highest BCUT2D eigenvalue weighted by Gasteiger charge is 2.35. The fourth-order valence-electron chi connectivity index (χ4n) is 3.47. The van der Waals surface area contributed by atoms with Gasteiger partial charge in [0.15, 0.2) is 5.11 Å². The Morgan fingerprint density at radius 1 is 1.06 bits per heavy atom. The third kappa shape index (κ3) is 5.62. The van der Waals surface area contributed by atoms with Crippen molar-refractivity contribution in [3.05, 3.63) is 95.9 Å². The molecule has 3 aromatic carbocycles. The van der Waals surface area contributed by atoms with Gasteiger partial charge in [-0.2, -0.15) is 0 Å². The van der Waals surface area contributed by atoms with Crippen molar-refractivity contribution in [2.24, 2.45) is 0 Å². The van der Waals surface area contributed by atoms with Crippen LogP contribution in [0.15, 0.2) is 69.1 Å². The molecule has 5 nitrogen and oxygen atoms in total. The summed E-state index contributed by atoms with van der Waals surface area (Å²) < 4.78 is 7.30. The molecule has 0 aliphatic carbocycles. The van der Waals surface area contributed by atoms with Crippen molar-refractivity contribution in [3.8, 4) is 5.75 Å². The molecule has 1 N–H and O–H groups in total. The zero-order valence-electron chi connectivity index (χ0n) is 18.1. The van der Waals surface area contributed by atoms with E-state index in [0.29, 0.717) is 26.9 Å². The molecule has 0 bridgehead atoms. The molecule has 1 fully saturated rings. The number of nitrogens with zero attached hydrogens (tertiary/aromatic N) is 1. The second kappa shape index (κ2) is 10.8.